The van der Waals surface area contributed by atoms with Crippen LogP contribution >= 0.6 is 23.6 Å². The second kappa shape index (κ2) is 4.43. The number of fused-ring (bicyclic) bond motifs is 1. The van der Waals surface area contributed by atoms with Gasteiger partial charge in [0.25, 0.3) is 0 Å². The van der Waals surface area contributed by atoms with Gasteiger partial charge in [-0.2, -0.15) is 0 Å². The van der Waals surface area contributed by atoms with E-state index in [0.29, 0.717) is 11.4 Å². The standard InChI is InChI=1S/C11H9N5S2/c12-9(17)5-10-14-7-3-1-2-4-8(7)16(10)11-15-13-6-18-11/h1-4,6H,5H2,(H2,12,17). The third kappa shape index (κ3) is 1.87. The molecule has 0 spiro atoms. The maximum Gasteiger partial charge on any atom is 0.218 e. The number of nitrogens with zero attached hydrogens (tertiary/aromatic N) is 4. The molecule has 0 unspecified atom stereocenters. The van der Waals surface area contributed by atoms with Crippen molar-refractivity contribution in [1.29, 1.82) is 0 Å². The first-order valence-corrected chi connectivity index (χ1v) is 6.55. The summed E-state index contributed by atoms with van der Waals surface area (Å²) in [5.41, 5.74) is 9.19. The number of rotatable bonds is 3. The van der Waals surface area contributed by atoms with Crippen LogP contribution in [-0.4, -0.2) is 24.7 Å². The Morgan fingerprint density at radius 1 is 1.39 bits per heavy atom. The van der Waals surface area contributed by atoms with E-state index in [-0.39, 0.29) is 0 Å². The third-order valence-corrected chi connectivity index (χ3v) is 3.32. The predicted octanol–water partition coefficient (Wildman–Crippen LogP) is 1.71. The van der Waals surface area contributed by atoms with Crippen LogP contribution in [0.2, 0.25) is 0 Å². The van der Waals surface area contributed by atoms with Crippen LogP contribution in [0.1, 0.15) is 5.82 Å². The lowest BCUT2D eigenvalue weighted by Crippen LogP contribution is -2.14. The van der Waals surface area contributed by atoms with Crippen molar-refractivity contribution >= 4 is 39.6 Å². The molecule has 3 aromatic rings. The van der Waals surface area contributed by atoms with Crippen molar-refractivity contribution in [2.24, 2.45) is 5.73 Å². The van der Waals surface area contributed by atoms with Gasteiger partial charge in [0, 0.05) is 0 Å². The average Bonchev–Trinajstić information content (AvgIpc) is 2.93. The lowest BCUT2D eigenvalue weighted by atomic mass is 10.3. The Balaban J connectivity index is 2.27. The van der Waals surface area contributed by atoms with E-state index in [1.807, 2.05) is 28.8 Å². The van der Waals surface area contributed by atoms with E-state index < -0.39 is 0 Å². The predicted molar refractivity (Wildman–Crippen MR) is 75.0 cm³/mol. The van der Waals surface area contributed by atoms with Crippen molar-refractivity contribution in [1.82, 2.24) is 19.7 Å². The molecule has 0 bridgehead atoms. The van der Waals surface area contributed by atoms with Crippen LogP contribution in [0.3, 0.4) is 0 Å². The highest BCUT2D eigenvalue weighted by Gasteiger charge is 2.14. The number of hydrogen-bond donors (Lipinski definition) is 1. The van der Waals surface area contributed by atoms with Gasteiger partial charge in [-0.25, -0.2) is 4.98 Å². The van der Waals surface area contributed by atoms with Gasteiger partial charge in [0.15, 0.2) is 0 Å². The maximum atomic E-state index is 5.61. The van der Waals surface area contributed by atoms with Crippen molar-refractivity contribution in [3.05, 3.63) is 35.6 Å². The molecule has 3 rings (SSSR count). The van der Waals surface area contributed by atoms with Gasteiger partial charge in [0.05, 0.1) is 22.4 Å². The minimum Gasteiger partial charge on any atom is -0.393 e. The molecule has 2 N–H and O–H groups in total. The highest BCUT2D eigenvalue weighted by Crippen LogP contribution is 2.22. The van der Waals surface area contributed by atoms with E-state index in [2.05, 4.69) is 15.2 Å². The zero-order valence-corrected chi connectivity index (χ0v) is 10.9. The molecule has 0 aliphatic carbocycles. The quantitative estimate of drug-likeness (QED) is 0.737. The summed E-state index contributed by atoms with van der Waals surface area (Å²) in [5.74, 6) is 0.792. The summed E-state index contributed by atoms with van der Waals surface area (Å²) in [6.07, 6.45) is 0.448. The number of aromatic nitrogens is 4. The van der Waals surface area contributed by atoms with Crippen LogP contribution in [-0.2, 0) is 6.42 Å². The summed E-state index contributed by atoms with van der Waals surface area (Å²) in [5, 5.41) is 8.72. The van der Waals surface area contributed by atoms with Gasteiger partial charge in [0.2, 0.25) is 5.13 Å². The largest absolute Gasteiger partial charge is 0.393 e. The van der Waals surface area contributed by atoms with Gasteiger partial charge in [-0.15, -0.1) is 10.2 Å². The summed E-state index contributed by atoms with van der Waals surface area (Å²) < 4.78 is 1.95. The highest BCUT2D eigenvalue weighted by atomic mass is 32.1. The van der Waals surface area contributed by atoms with E-state index in [1.54, 1.807) is 5.51 Å². The Hall–Kier alpha value is -1.86. The molecule has 1 aromatic carbocycles. The Labute approximate surface area is 112 Å². The first-order valence-electron chi connectivity index (χ1n) is 5.27. The normalized spacial score (nSPS) is 10.9. The van der Waals surface area contributed by atoms with Gasteiger partial charge < -0.3 is 5.73 Å². The second-order valence-electron chi connectivity index (χ2n) is 3.72. The molecule has 0 radical (unpaired) electrons. The minimum atomic E-state index is 0.413. The fraction of sp³-hybridized carbons (Fsp3) is 0.0909. The molecule has 2 aromatic heterocycles. The molecule has 0 saturated carbocycles. The topological polar surface area (TPSA) is 69.6 Å². The van der Waals surface area contributed by atoms with Gasteiger partial charge in [-0.05, 0) is 12.1 Å². The summed E-state index contributed by atoms with van der Waals surface area (Å²) in [7, 11) is 0. The van der Waals surface area contributed by atoms with Crippen molar-refractivity contribution < 1.29 is 0 Å². The molecule has 5 nitrogen and oxygen atoms in total. The van der Waals surface area contributed by atoms with Crippen LogP contribution in [0, 0.1) is 0 Å². The van der Waals surface area contributed by atoms with Crippen molar-refractivity contribution in [3.63, 3.8) is 0 Å². The fourth-order valence-electron chi connectivity index (χ4n) is 1.83. The van der Waals surface area contributed by atoms with Gasteiger partial charge in [-0.3, -0.25) is 4.57 Å². The van der Waals surface area contributed by atoms with E-state index in [0.717, 1.165) is 22.0 Å². The molecule has 18 heavy (non-hydrogen) atoms. The Morgan fingerprint density at radius 2 is 2.22 bits per heavy atom. The van der Waals surface area contributed by atoms with Crippen LogP contribution in [0.5, 0.6) is 0 Å². The molecule has 7 heteroatoms. The average molecular weight is 275 g/mol. The molecule has 0 fully saturated rings. The van der Waals surface area contributed by atoms with Crippen molar-refractivity contribution in [2.45, 2.75) is 6.42 Å². The lowest BCUT2D eigenvalue weighted by Gasteiger charge is -2.03. The molecule has 90 valence electrons. The van der Waals surface area contributed by atoms with E-state index in [4.69, 9.17) is 18.0 Å². The van der Waals surface area contributed by atoms with Crippen molar-refractivity contribution in [3.8, 4) is 5.13 Å². The Morgan fingerprint density at radius 3 is 2.94 bits per heavy atom. The maximum absolute atomic E-state index is 5.61. The molecular formula is C11H9N5S2. The molecule has 0 amide bonds. The lowest BCUT2D eigenvalue weighted by molar-refractivity contribution is 0.922. The zero-order valence-electron chi connectivity index (χ0n) is 9.28. The zero-order chi connectivity index (χ0) is 12.5. The van der Waals surface area contributed by atoms with E-state index in [9.17, 15) is 0 Å². The number of imidazole rings is 1. The number of hydrogen-bond acceptors (Lipinski definition) is 5. The van der Waals surface area contributed by atoms with Crippen molar-refractivity contribution in [2.75, 3.05) is 0 Å². The second-order valence-corrected chi connectivity index (χ2v) is 5.05. The van der Waals surface area contributed by atoms with Gasteiger partial charge in [-0.1, -0.05) is 35.7 Å². The summed E-state index contributed by atoms with van der Waals surface area (Å²) in [6.45, 7) is 0. The van der Waals surface area contributed by atoms with Crippen LogP contribution < -0.4 is 5.73 Å². The summed E-state index contributed by atoms with van der Waals surface area (Å²) >= 11 is 6.42. The first kappa shape index (κ1) is 11.2. The Kier molecular flexibility index (Phi) is 2.77. The molecular weight excluding hydrogens is 266 g/mol. The summed E-state index contributed by atoms with van der Waals surface area (Å²) in [6, 6.07) is 7.86. The molecule has 0 atom stereocenters. The molecule has 0 saturated heterocycles. The number of para-hydroxylation sites is 2. The first-order chi connectivity index (χ1) is 8.75. The van der Waals surface area contributed by atoms with Crippen LogP contribution in [0.25, 0.3) is 16.2 Å². The number of thiocarbonyl (C=S) groups is 1. The van der Waals surface area contributed by atoms with E-state index >= 15 is 0 Å². The number of benzene rings is 1. The number of nitrogens with two attached hydrogens (primary N) is 1. The van der Waals surface area contributed by atoms with Gasteiger partial charge in [0.1, 0.15) is 11.3 Å². The smallest absolute Gasteiger partial charge is 0.218 e. The van der Waals surface area contributed by atoms with Crippen LogP contribution in [0.4, 0.5) is 0 Å². The van der Waals surface area contributed by atoms with Gasteiger partial charge >= 0.3 is 0 Å². The molecule has 0 aliphatic rings. The minimum absolute atomic E-state index is 0.413. The van der Waals surface area contributed by atoms with E-state index in [1.165, 1.54) is 11.3 Å². The SMILES string of the molecule is NC(=S)Cc1nc2ccccc2n1-c1nncs1. The third-order valence-electron chi connectivity index (χ3n) is 2.50. The van der Waals surface area contributed by atoms with Crippen LogP contribution in [0.15, 0.2) is 29.8 Å². The monoisotopic (exact) mass is 275 g/mol. The molecule has 2 heterocycles. The summed E-state index contributed by atoms with van der Waals surface area (Å²) in [4.78, 5) is 4.96. The molecule has 0 aliphatic heterocycles. The Bertz CT molecular complexity index is 701. The highest BCUT2D eigenvalue weighted by molar-refractivity contribution is 7.80. The fourth-order valence-corrected chi connectivity index (χ4v) is 2.55.